The lowest BCUT2D eigenvalue weighted by atomic mass is 10.3. The van der Waals surface area contributed by atoms with E-state index >= 15 is 0 Å². The van der Waals surface area contributed by atoms with E-state index in [9.17, 15) is 4.79 Å². The van der Waals surface area contributed by atoms with Gasteiger partial charge >= 0.3 is 0 Å². The molecule has 0 aliphatic rings. The van der Waals surface area contributed by atoms with E-state index in [2.05, 4.69) is 15.2 Å². The van der Waals surface area contributed by atoms with E-state index < -0.39 is 5.91 Å². The molecule has 0 atom stereocenters. The number of halogens is 1. The van der Waals surface area contributed by atoms with Gasteiger partial charge in [0.2, 0.25) is 0 Å². The van der Waals surface area contributed by atoms with E-state index in [0.29, 0.717) is 5.01 Å². The molecule has 2 N–H and O–H groups in total. The van der Waals surface area contributed by atoms with Crippen LogP contribution in [0.15, 0.2) is 23.8 Å². The summed E-state index contributed by atoms with van der Waals surface area (Å²) in [6, 6.07) is 1.77. The van der Waals surface area contributed by atoms with Crippen molar-refractivity contribution < 1.29 is 4.79 Å². The van der Waals surface area contributed by atoms with Crippen molar-refractivity contribution in [1.29, 1.82) is 0 Å². The van der Waals surface area contributed by atoms with Crippen LogP contribution in [0.3, 0.4) is 0 Å². The highest BCUT2D eigenvalue weighted by atomic mass is 35.5. The van der Waals surface area contributed by atoms with Crippen molar-refractivity contribution in [2.24, 2.45) is 5.73 Å². The van der Waals surface area contributed by atoms with Gasteiger partial charge in [0.05, 0.1) is 12.4 Å². The van der Waals surface area contributed by atoms with Crippen LogP contribution in [0.4, 0.5) is 0 Å². The number of carbonyl (C=O) groups excluding carboxylic acids is 1. The maximum Gasteiger partial charge on any atom is 0.268 e. The highest BCUT2D eigenvalue weighted by molar-refractivity contribution is 7.13. The molecule has 0 spiro atoms. The highest BCUT2D eigenvalue weighted by Gasteiger charge is 2.07. The molecule has 7 heteroatoms. The first-order valence-electron chi connectivity index (χ1n) is 3.80. The number of nitrogens with zero attached hydrogens (tertiary/aromatic N) is 3. The van der Waals surface area contributed by atoms with Crippen LogP contribution in [0, 0.1) is 0 Å². The van der Waals surface area contributed by atoms with Crippen molar-refractivity contribution >= 4 is 29.7 Å². The van der Waals surface area contributed by atoms with Gasteiger partial charge in [0.15, 0.2) is 0 Å². The topological polar surface area (TPSA) is 81.8 Å². The molecule has 2 rings (SSSR count). The average Bonchev–Trinajstić information content (AvgIpc) is 2.68. The van der Waals surface area contributed by atoms with Crippen molar-refractivity contribution in [2.45, 2.75) is 0 Å². The van der Waals surface area contributed by atoms with Crippen LogP contribution in [0.2, 0.25) is 0 Å². The second-order valence-corrected chi connectivity index (χ2v) is 3.39. The summed E-state index contributed by atoms with van der Waals surface area (Å²) in [5.41, 5.74) is 6.19. The first-order valence-corrected chi connectivity index (χ1v) is 4.68. The molecule has 78 valence electrons. The Morgan fingerprint density at radius 1 is 1.40 bits per heavy atom. The minimum atomic E-state index is -0.519. The summed E-state index contributed by atoms with van der Waals surface area (Å²) in [5.74, 6) is -0.519. The lowest BCUT2D eigenvalue weighted by molar-refractivity contribution is 0.0996. The molecule has 2 aromatic rings. The second-order valence-electron chi connectivity index (χ2n) is 2.53. The number of amides is 1. The molecule has 0 radical (unpaired) electrons. The lowest BCUT2D eigenvalue weighted by Gasteiger charge is -1.91. The molecule has 2 aromatic heterocycles. The number of nitrogens with two attached hydrogens (primary N) is 1. The molecule has 5 nitrogen and oxygen atoms in total. The van der Waals surface area contributed by atoms with Gasteiger partial charge in [-0.15, -0.1) is 23.7 Å². The van der Waals surface area contributed by atoms with Crippen molar-refractivity contribution in [3.63, 3.8) is 0 Å². The van der Waals surface area contributed by atoms with E-state index in [-0.39, 0.29) is 18.1 Å². The zero-order valence-corrected chi connectivity index (χ0v) is 9.09. The standard InChI is InChI=1S/C8H6N4OS.ClH/c9-7(13)6-4-14-8(12-6)5-1-2-10-11-3-5;/h1-4H,(H2,9,13);1H. The van der Waals surface area contributed by atoms with E-state index in [1.54, 1.807) is 23.8 Å². The molecule has 0 aliphatic carbocycles. The van der Waals surface area contributed by atoms with Gasteiger partial charge in [-0.1, -0.05) is 0 Å². The second kappa shape index (κ2) is 4.81. The third-order valence-electron chi connectivity index (χ3n) is 1.59. The fraction of sp³-hybridized carbons (Fsp3) is 0. The van der Waals surface area contributed by atoms with Crippen LogP contribution in [0.25, 0.3) is 10.6 Å². The maximum absolute atomic E-state index is 10.8. The fourth-order valence-corrected chi connectivity index (χ4v) is 1.74. The summed E-state index contributed by atoms with van der Waals surface area (Å²) in [7, 11) is 0. The number of thiazole rings is 1. The molecule has 0 saturated heterocycles. The minimum absolute atomic E-state index is 0. The predicted octanol–water partition coefficient (Wildman–Crippen LogP) is 1.12. The molecule has 0 bridgehead atoms. The quantitative estimate of drug-likeness (QED) is 0.856. The van der Waals surface area contributed by atoms with E-state index in [0.717, 1.165) is 5.56 Å². The van der Waals surface area contributed by atoms with E-state index in [1.807, 2.05) is 0 Å². The number of rotatable bonds is 2. The fourth-order valence-electron chi connectivity index (χ4n) is 0.937. The molecule has 2 heterocycles. The minimum Gasteiger partial charge on any atom is -0.364 e. The van der Waals surface area contributed by atoms with E-state index in [1.165, 1.54) is 11.3 Å². The van der Waals surface area contributed by atoms with Gasteiger partial charge in [0.1, 0.15) is 10.7 Å². The van der Waals surface area contributed by atoms with Gasteiger partial charge in [0, 0.05) is 10.9 Å². The molecule has 0 fully saturated rings. The largest absolute Gasteiger partial charge is 0.364 e. The molecular weight excluding hydrogens is 236 g/mol. The third kappa shape index (κ3) is 2.48. The van der Waals surface area contributed by atoms with Crippen LogP contribution < -0.4 is 5.73 Å². The van der Waals surface area contributed by atoms with Crippen molar-refractivity contribution in [3.05, 3.63) is 29.5 Å². The first kappa shape index (κ1) is 11.5. The molecule has 0 aliphatic heterocycles. The van der Waals surface area contributed by atoms with Gasteiger partial charge in [0.25, 0.3) is 5.91 Å². The number of carbonyl (C=O) groups is 1. The number of aromatic nitrogens is 3. The number of hydrogen-bond acceptors (Lipinski definition) is 5. The summed E-state index contributed by atoms with van der Waals surface area (Å²) in [5, 5.41) is 9.70. The van der Waals surface area contributed by atoms with Gasteiger partial charge in [-0.3, -0.25) is 4.79 Å². The normalized spacial score (nSPS) is 9.33. The zero-order valence-electron chi connectivity index (χ0n) is 7.45. The molecule has 1 amide bonds. The molecule has 0 saturated carbocycles. The Morgan fingerprint density at radius 3 is 2.73 bits per heavy atom. The lowest BCUT2D eigenvalue weighted by Crippen LogP contribution is -2.10. The number of primary amides is 1. The van der Waals surface area contributed by atoms with Crippen molar-refractivity contribution in [2.75, 3.05) is 0 Å². The summed E-state index contributed by atoms with van der Waals surface area (Å²) < 4.78 is 0. The van der Waals surface area contributed by atoms with Gasteiger partial charge in [-0.05, 0) is 6.07 Å². The molecular formula is C8H7ClN4OS. The van der Waals surface area contributed by atoms with Crippen LogP contribution in [-0.2, 0) is 0 Å². The Kier molecular flexibility index (Phi) is 3.70. The first-order chi connectivity index (χ1) is 6.77. The van der Waals surface area contributed by atoms with Gasteiger partial charge < -0.3 is 5.73 Å². The monoisotopic (exact) mass is 242 g/mol. The summed E-state index contributed by atoms with van der Waals surface area (Å²) >= 11 is 1.35. The Hall–Kier alpha value is -1.53. The predicted molar refractivity (Wildman–Crippen MR) is 58.9 cm³/mol. The van der Waals surface area contributed by atoms with Crippen molar-refractivity contribution in [3.8, 4) is 10.6 Å². The van der Waals surface area contributed by atoms with E-state index in [4.69, 9.17) is 5.73 Å². The number of hydrogen-bond donors (Lipinski definition) is 1. The smallest absolute Gasteiger partial charge is 0.268 e. The maximum atomic E-state index is 10.8. The van der Waals surface area contributed by atoms with Crippen molar-refractivity contribution in [1.82, 2.24) is 15.2 Å². The van der Waals surface area contributed by atoms with Crippen LogP contribution in [0.1, 0.15) is 10.5 Å². The molecule has 0 aromatic carbocycles. The average molecular weight is 243 g/mol. The van der Waals surface area contributed by atoms with Crippen LogP contribution in [0.5, 0.6) is 0 Å². The summed E-state index contributed by atoms with van der Waals surface area (Å²) in [4.78, 5) is 14.8. The van der Waals surface area contributed by atoms with Crippen LogP contribution in [-0.4, -0.2) is 21.1 Å². The Bertz CT molecular complexity index is 459. The molecule has 0 unspecified atom stereocenters. The highest BCUT2D eigenvalue weighted by Crippen LogP contribution is 2.21. The van der Waals surface area contributed by atoms with Gasteiger partial charge in [-0.2, -0.15) is 10.2 Å². The Balaban J connectivity index is 0.00000112. The Morgan fingerprint density at radius 2 is 2.20 bits per heavy atom. The van der Waals surface area contributed by atoms with Crippen LogP contribution >= 0.6 is 23.7 Å². The zero-order chi connectivity index (χ0) is 9.97. The Labute approximate surface area is 95.8 Å². The molecule has 15 heavy (non-hydrogen) atoms. The van der Waals surface area contributed by atoms with Gasteiger partial charge in [-0.25, -0.2) is 4.98 Å². The third-order valence-corrected chi connectivity index (χ3v) is 2.48. The SMILES string of the molecule is Cl.NC(=O)c1csc(-c2ccnnc2)n1. The summed E-state index contributed by atoms with van der Waals surface area (Å²) in [6.45, 7) is 0. The summed E-state index contributed by atoms with van der Waals surface area (Å²) in [6.07, 6.45) is 3.16.